The maximum absolute atomic E-state index is 12.4. The van der Waals surface area contributed by atoms with Gasteiger partial charge in [0.25, 0.3) is 0 Å². The fraction of sp³-hybridized carbons (Fsp3) is 0.821. The van der Waals surface area contributed by atoms with Crippen molar-refractivity contribution in [2.75, 3.05) is 14.1 Å². The molecule has 3 nitrogen and oxygen atoms in total. The highest BCUT2D eigenvalue weighted by Crippen LogP contribution is 2.66. The van der Waals surface area contributed by atoms with E-state index in [-0.39, 0.29) is 11.9 Å². The van der Waals surface area contributed by atoms with Crippen LogP contribution in [0.5, 0.6) is 0 Å². The first-order chi connectivity index (χ1) is 14.6. The number of hydrogen-bond acceptors (Lipinski definition) is 2. The van der Waals surface area contributed by atoms with E-state index in [0.717, 1.165) is 29.4 Å². The van der Waals surface area contributed by atoms with Crippen molar-refractivity contribution >= 4 is 5.91 Å². The lowest BCUT2D eigenvalue weighted by Gasteiger charge is -2.59. The molecule has 0 spiro atoms. The first-order valence-corrected chi connectivity index (χ1v) is 12.9. The molecule has 0 radical (unpaired) electrons. The topological polar surface area (TPSA) is 32.3 Å². The van der Waals surface area contributed by atoms with Crippen LogP contribution in [0.3, 0.4) is 0 Å². The second-order valence-corrected chi connectivity index (χ2v) is 12.4. The average molecular weight is 427 g/mol. The van der Waals surface area contributed by atoms with E-state index in [9.17, 15) is 4.79 Å². The molecule has 4 aliphatic rings. The van der Waals surface area contributed by atoms with E-state index >= 15 is 0 Å². The van der Waals surface area contributed by atoms with Crippen molar-refractivity contribution in [1.82, 2.24) is 10.2 Å². The molecule has 0 aliphatic heterocycles. The van der Waals surface area contributed by atoms with Gasteiger partial charge in [-0.15, -0.1) is 0 Å². The molecule has 0 saturated heterocycles. The summed E-state index contributed by atoms with van der Waals surface area (Å²) in [6.45, 7) is 11.4. The zero-order valence-corrected chi connectivity index (χ0v) is 21.1. The van der Waals surface area contributed by atoms with E-state index in [4.69, 9.17) is 0 Å². The maximum Gasteiger partial charge on any atom is 0.244 e. The van der Waals surface area contributed by atoms with E-state index < -0.39 is 0 Å². The van der Waals surface area contributed by atoms with Crippen LogP contribution in [0.15, 0.2) is 23.3 Å². The smallest absolute Gasteiger partial charge is 0.244 e. The van der Waals surface area contributed by atoms with Gasteiger partial charge in [-0.2, -0.15) is 0 Å². The van der Waals surface area contributed by atoms with Crippen LogP contribution in [0.4, 0.5) is 0 Å². The summed E-state index contributed by atoms with van der Waals surface area (Å²) < 4.78 is 0. The lowest BCUT2D eigenvalue weighted by atomic mass is 9.47. The minimum absolute atomic E-state index is 0.0867. The van der Waals surface area contributed by atoms with Crippen LogP contribution < -0.4 is 5.32 Å². The molecule has 0 aromatic heterocycles. The largest absolute Gasteiger partial charge is 0.350 e. The Morgan fingerprint density at radius 2 is 1.87 bits per heavy atom. The van der Waals surface area contributed by atoms with E-state index in [2.05, 4.69) is 51.2 Å². The molecule has 0 heterocycles. The van der Waals surface area contributed by atoms with Crippen LogP contribution in [-0.2, 0) is 4.79 Å². The zero-order valence-electron chi connectivity index (χ0n) is 21.1. The van der Waals surface area contributed by atoms with Gasteiger partial charge in [-0.1, -0.05) is 31.1 Å². The fourth-order valence-corrected chi connectivity index (χ4v) is 8.57. The van der Waals surface area contributed by atoms with Crippen molar-refractivity contribution in [3.8, 4) is 0 Å². The van der Waals surface area contributed by atoms with Gasteiger partial charge in [0, 0.05) is 18.2 Å². The number of carbonyl (C=O) groups excluding carboxylic acids is 1. The Kier molecular flexibility index (Phi) is 6.22. The third kappa shape index (κ3) is 3.94. The van der Waals surface area contributed by atoms with E-state index in [1.54, 1.807) is 11.6 Å². The summed E-state index contributed by atoms with van der Waals surface area (Å²) >= 11 is 0. The highest BCUT2D eigenvalue weighted by atomic mass is 16.1. The Bertz CT molecular complexity index is 763. The molecule has 31 heavy (non-hydrogen) atoms. The summed E-state index contributed by atoms with van der Waals surface area (Å²) in [5, 5.41) is 3.32. The molecule has 3 heteroatoms. The van der Waals surface area contributed by atoms with Gasteiger partial charge < -0.3 is 10.2 Å². The van der Waals surface area contributed by atoms with Gasteiger partial charge >= 0.3 is 0 Å². The maximum atomic E-state index is 12.4. The Morgan fingerprint density at radius 1 is 1.13 bits per heavy atom. The molecule has 3 saturated carbocycles. The SMILES string of the molecule is CC(C)=CC(=O)N[C@@H](C)[C@H]1CC[C@H]2[C@@H]3CC=C4C[C@@H](N(C)C)CC[C@]4(C)[C@H]3CC[C@]12C. The Balaban J connectivity index is 1.52. The molecular weight excluding hydrogens is 380 g/mol. The van der Waals surface area contributed by atoms with E-state index in [1.165, 1.54) is 51.4 Å². The number of carbonyl (C=O) groups is 1. The third-order valence-electron chi connectivity index (χ3n) is 10.3. The summed E-state index contributed by atoms with van der Waals surface area (Å²) in [5.74, 6) is 3.22. The molecule has 1 N–H and O–H groups in total. The second-order valence-electron chi connectivity index (χ2n) is 12.4. The molecule has 4 aliphatic carbocycles. The van der Waals surface area contributed by atoms with E-state index in [0.29, 0.717) is 16.7 Å². The van der Waals surface area contributed by atoms with Crippen molar-refractivity contribution in [1.29, 1.82) is 0 Å². The van der Waals surface area contributed by atoms with Crippen LogP contribution in [0.1, 0.15) is 86.0 Å². The molecule has 4 rings (SSSR count). The Hall–Kier alpha value is -1.09. The van der Waals surface area contributed by atoms with Crippen molar-refractivity contribution < 1.29 is 4.79 Å². The highest BCUT2D eigenvalue weighted by Gasteiger charge is 2.59. The number of allylic oxidation sites excluding steroid dienone is 2. The summed E-state index contributed by atoms with van der Waals surface area (Å²) in [5.41, 5.74) is 3.65. The Labute approximate surface area is 191 Å². The minimum Gasteiger partial charge on any atom is -0.350 e. The van der Waals surface area contributed by atoms with Crippen LogP contribution in [-0.4, -0.2) is 37.0 Å². The third-order valence-corrected chi connectivity index (χ3v) is 10.3. The van der Waals surface area contributed by atoms with Crippen molar-refractivity contribution in [3.63, 3.8) is 0 Å². The lowest BCUT2D eigenvalue weighted by Crippen LogP contribution is -2.53. The van der Waals surface area contributed by atoms with E-state index in [1.807, 2.05) is 13.8 Å². The normalized spacial score (nSPS) is 42.7. The highest BCUT2D eigenvalue weighted by molar-refractivity contribution is 5.88. The van der Waals surface area contributed by atoms with Crippen LogP contribution in [0.2, 0.25) is 0 Å². The summed E-state index contributed by atoms with van der Waals surface area (Å²) in [6.07, 6.45) is 15.1. The molecule has 0 aromatic carbocycles. The molecule has 0 aromatic rings. The lowest BCUT2D eigenvalue weighted by molar-refractivity contribution is -0.118. The summed E-state index contributed by atoms with van der Waals surface area (Å²) in [4.78, 5) is 14.8. The van der Waals surface area contributed by atoms with Crippen LogP contribution in [0, 0.1) is 34.5 Å². The monoisotopic (exact) mass is 426 g/mol. The van der Waals surface area contributed by atoms with Gasteiger partial charge in [-0.3, -0.25) is 4.79 Å². The predicted octanol–water partition coefficient (Wildman–Crippen LogP) is 5.97. The molecule has 3 fully saturated rings. The summed E-state index contributed by atoms with van der Waals surface area (Å²) in [7, 11) is 4.50. The Morgan fingerprint density at radius 3 is 2.55 bits per heavy atom. The molecule has 8 atom stereocenters. The minimum atomic E-state index is 0.0867. The molecule has 0 bridgehead atoms. The first-order valence-electron chi connectivity index (χ1n) is 12.9. The van der Waals surface area contributed by atoms with Gasteiger partial charge in [0.1, 0.15) is 0 Å². The van der Waals surface area contributed by atoms with Crippen molar-refractivity contribution in [2.24, 2.45) is 34.5 Å². The van der Waals surface area contributed by atoms with Gasteiger partial charge in [-0.05, 0) is 121 Å². The van der Waals surface area contributed by atoms with Crippen molar-refractivity contribution in [2.45, 2.75) is 98.1 Å². The molecule has 1 amide bonds. The van der Waals surface area contributed by atoms with Crippen LogP contribution >= 0.6 is 0 Å². The molecule has 174 valence electrons. The molecule has 0 unspecified atom stereocenters. The number of nitrogens with one attached hydrogen (secondary N) is 1. The number of rotatable bonds is 4. The standard InChI is InChI=1S/C28H46N2O/c1-18(2)16-26(31)29-19(3)23-10-11-24-22-9-8-20-17-21(30(6)7)12-14-27(20,4)25(22)13-15-28(23,24)5/h8,16,19,21-25H,9-15,17H2,1-7H3,(H,29,31)/t19-,21-,22-,23+,24-,25-,27-,28+/m0/s1. The van der Waals surface area contributed by atoms with Gasteiger partial charge in [0.15, 0.2) is 0 Å². The van der Waals surface area contributed by atoms with Gasteiger partial charge in [0.2, 0.25) is 5.91 Å². The number of nitrogens with zero attached hydrogens (tertiary/aromatic N) is 1. The van der Waals surface area contributed by atoms with Gasteiger partial charge in [0.05, 0.1) is 0 Å². The quantitative estimate of drug-likeness (QED) is 0.444. The number of fused-ring (bicyclic) bond motifs is 5. The number of amides is 1. The molecular formula is C28H46N2O. The van der Waals surface area contributed by atoms with Gasteiger partial charge in [-0.25, -0.2) is 0 Å². The summed E-state index contributed by atoms with van der Waals surface area (Å²) in [6, 6.07) is 0.987. The van der Waals surface area contributed by atoms with Crippen LogP contribution in [0.25, 0.3) is 0 Å². The number of hydrogen-bond donors (Lipinski definition) is 1. The first kappa shape index (κ1) is 23.1. The zero-order chi connectivity index (χ0) is 22.6. The van der Waals surface area contributed by atoms with Crippen molar-refractivity contribution in [3.05, 3.63) is 23.3 Å². The average Bonchev–Trinajstić information content (AvgIpc) is 3.03. The second kappa shape index (κ2) is 8.36. The fourth-order valence-electron chi connectivity index (χ4n) is 8.57. The predicted molar refractivity (Wildman–Crippen MR) is 130 cm³/mol.